The number of hydrogen-bond acceptors (Lipinski definition) is 3. The van der Waals surface area contributed by atoms with Crippen LogP contribution in [-0.2, 0) is 19.9 Å². The van der Waals surface area contributed by atoms with Crippen molar-refractivity contribution in [2.45, 2.75) is 32.7 Å². The Bertz CT molecular complexity index is 639. The van der Waals surface area contributed by atoms with Gasteiger partial charge in [0, 0.05) is 18.8 Å². The predicted molar refractivity (Wildman–Crippen MR) is 85.3 cm³/mol. The topological polar surface area (TPSA) is 55.9 Å². The highest BCUT2D eigenvalue weighted by Gasteiger charge is 2.17. The molecule has 0 saturated carbocycles. The summed E-state index contributed by atoms with van der Waals surface area (Å²) in [5.74, 6) is 5.42. The minimum atomic E-state index is -0.253. The first-order chi connectivity index (χ1) is 9.93. The van der Waals surface area contributed by atoms with E-state index in [0.29, 0.717) is 10.9 Å². The average molecular weight is 355 g/mol. The van der Waals surface area contributed by atoms with Gasteiger partial charge in [0.25, 0.3) is 0 Å². The first kappa shape index (κ1) is 16.1. The molecule has 3 N–H and O–H groups in total. The molecule has 2 rings (SSSR count). The highest BCUT2D eigenvalue weighted by molar-refractivity contribution is 9.10. The standard InChI is InChI=1S/C15H20BrFN4/c1-9-13(10(2)21(3)20-9)8-12(19-18)7-11-5-4-6-14(17)15(11)16/h4-6,12,19H,7-8,18H2,1-3H3. The molecule has 0 fully saturated rings. The molecule has 0 radical (unpaired) electrons. The third kappa shape index (κ3) is 3.51. The van der Waals surface area contributed by atoms with Crippen molar-refractivity contribution in [1.29, 1.82) is 0 Å². The van der Waals surface area contributed by atoms with Crippen molar-refractivity contribution in [3.05, 3.63) is 51.0 Å². The van der Waals surface area contributed by atoms with Gasteiger partial charge >= 0.3 is 0 Å². The summed E-state index contributed by atoms with van der Waals surface area (Å²) in [4.78, 5) is 0. The van der Waals surface area contributed by atoms with Crippen LogP contribution < -0.4 is 11.3 Å². The van der Waals surface area contributed by atoms with Crippen molar-refractivity contribution in [3.8, 4) is 0 Å². The number of aryl methyl sites for hydroxylation is 2. The SMILES string of the molecule is Cc1nn(C)c(C)c1CC(Cc1cccc(F)c1Br)NN. The third-order valence-corrected chi connectivity index (χ3v) is 4.73. The maximum Gasteiger partial charge on any atom is 0.137 e. The highest BCUT2D eigenvalue weighted by atomic mass is 79.9. The Morgan fingerprint density at radius 3 is 2.67 bits per heavy atom. The predicted octanol–water partition coefficient (Wildman–Crippen LogP) is 2.56. The molecular formula is C15H20BrFN4. The molecule has 1 atom stereocenters. The fraction of sp³-hybridized carbons (Fsp3) is 0.400. The molecule has 0 bridgehead atoms. The lowest BCUT2D eigenvalue weighted by Gasteiger charge is -2.17. The molecule has 0 spiro atoms. The molecule has 0 amide bonds. The van der Waals surface area contributed by atoms with Gasteiger partial charge in [-0.05, 0) is 59.8 Å². The van der Waals surface area contributed by atoms with E-state index in [1.54, 1.807) is 6.07 Å². The molecule has 4 nitrogen and oxygen atoms in total. The number of hydrogen-bond donors (Lipinski definition) is 2. The van der Waals surface area contributed by atoms with E-state index in [1.807, 2.05) is 31.6 Å². The lowest BCUT2D eigenvalue weighted by atomic mass is 9.98. The van der Waals surface area contributed by atoms with Crippen LogP contribution in [0.25, 0.3) is 0 Å². The zero-order valence-electron chi connectivity index (χ0n) is 12.5. The summed E-state index contributed by atoms with van der Waals surface area (Å²) in [6, 6.07) is 5.07. The second kappa shape index (κ2) is 6.68. The van der Waals surface area contributed by atoms with Gasteiger partial charge in [-0.3, -0.25) is 16.0 Å². The summed E-state index contributed by atoms with van der Waals surface area (Å²) >= 11 is 3.30. The van der Waals surface area contributed by atoms with E-state index in [9.17, 15) is 4.39 Å². The van der Waals surface area contributed by atoms with Gasteiger partial charge in [-0.2, -0.15) is 5.10 Å². The second-order valence-electron chi connectivity index (χ2n) is 5.26. The molecule has 0 aliphatic carbocycles. The van der Waals surface area contributed by atoms with Crippen LogP contribution >= 0.6 is 15.9 Å². The van der Waals surface area contributed by atoms with Crippen LogP contribution in [0.3, 0.4) is 0 Å². The average Bonchev–Trinajstić information content (AvgIpc) is 2.69. The maximum atomic E-state index is 13.6. The van der Waals surface area contributed by atoms with Gasteiger partial charge in [0.05, 0.1) is 10.2 Å². The normalized spacial score (nSPS) is 12.7. The number of nitrogens with one attached hydrogen (secondary N) is 1. The molecule has 2 aromatic rings. The molecule has 0 aliphatic heterocycles. The lowest BCUT2D eigenvalue weighted by molar-refractivity contribution is 0.517. The molecule has 1 aromatic heterocycles. The monoisotopic (exact) mass is 354 g/mol. The number of nitrogens with two attached hydrogens (primary N) is 1. The molecule has 21 heavy (non-hydrogen) atoms. The van der Waals surface area contributed by atoms with Gasteiger partial charge in [-0.1, -0.05) is 12.1 Å². The molecule has 0 saturated heterocycles. The number of aromatic nitrogens is 2. The smallest absolute Gasteiger partial charge is 0.137 e. The minimum absolute atomic E-state index is 0.0182. The fourth-order valence-corrected chi connectivity index (χ4v) is 2.95. The number of nitrogens with zero attached hydrogens (tertiary/aromatic N) is 2. The van der Waals surface area contributed by atoms with E-state index in [2.05, 4.69) is 26.5 Å². The van der Waals surface area contributed by atoms with E-state index in [-0.39, 0.29) is 11.9 Å². The van der Waals surface area contributed by atoms with Crippen molar-refractivity contribution >= 4 is 15.9 Å². The Kier molecular flexibility index (Phi) is 5.13. The molecule has 1 unspecified atom stereocenters. The van der Waals surface area contributed by atoms with Crippen molar-refractivity contribution in [1.82, 2.24) is 15.2 Å². The van der Waals surface area contributed by atoms with Crippen LogP contribution in [-0.4, -0.2) is 15.8 Å². The van der Waals surface area contributed by atoms with Crippen LogP contribution in [0.1, 0.15) is 22.5 Å². The zero-order chi connectivity index (χ0) is 15.6. The van der Waals surface area contributed by atoms with E-state index in [1.165, 1.54) is 11.6 Å². The van der Waals surface area contributed by atoms with E-state index >= 15 is 0 Å². The Labute approximate surface area is 132 Å². The first-order valence-corrected chi connectivity index (χ1v) is 7.61. The van der Waals surface area contributed by atoms with E-state index < -0.39 is 0 Å². The van der Waals surface area contributed by atoms with Crippen molar-refractivity contribution in [2.24, 2.45) is 12.9 Å². The summed E-state index contributed by atoms with van der Waals surface area (Å²) in [5.41, 5.74) is 7.06. The van der Waals surface area contributed by atoms with Crippen LogP contribution in [0.15, 0.2) is 22.7 Å². The van der Waals surface area contributed by atoms with Crippen molar-refractivity contribution in [2.75, 3.05) is 0 Å². The Balaban J connectivity index is 2.19. The molecule has 114 valence electrons. The minimum Gasteiger partial charge on any atom is -0.272 e. The zero-order valence-corrected chi connectivity index (χ0v) is 14.0. The van der Waals surface area contributed by atoms with Crippen molar-refractivity contribution < 1.29 is 4.39 Å². The molecule has 6 heteroatoms. The molecule has 1 aromatic carbocycles. The van der Waals surface area contributed by atoms with Gasteiger partial charge in [0.15, 0.2) is 0 Å². The largest absolute Gasteiger partial charge is 0.272 e. The Hall–Kier alpha value is -1.24. The van der Waals surface area contributed by atoms with Crippen LogP contribution in [0, 0.1) is 19.7 Å². The van der Waals surface area contributed by atoms with Crippen LogP contribution in [0.5, 0.6) is 0 Å². The Morgan fingerprint density at radius 1 is 1.38 bits per heavy atom. The third-order valence-electron chi connectivity index (χ3n) is 3.84. The van der Waals surface area contributed by atoms with Gasteiger partial charge in [0.2, 0.25) is 0 Å². The fourth-order valence-electron chi connectivity index (χ4n) is 2.52. The Morgan fingerprint density at radius 2 is 2.10 bits per heavy atom. The van der Waals surface area contributed by atoms with Gasteiger partial charge in [0.1, 0.15) is 5.82 Å². The quantitative estimate of drug-likeness (QED) is 0.640. The molecule has 0 aliphatic rings. The summed E-state index contributed by atoms with van der Waals surface area (Å²) in [7, 11) is 1.93. The summed E-state index contributed by atoms with van der Waals surface area (Å²) in [6.45, 7) is 4.04. The summed E-state index contributed by atoms with van der Waals surface area (Å²) < 4.78 is 16.0. The van der Waals surface area contributed by atoms with Gasteiger partial charge in [-0.25, -0.2) is 4.39 Å². The number of rotatable bonds is 5. The summed E-state index contributed by atoms with van der Waals surface area (Å²) in [5, 5.41) is 4.42. The highest BCUT2D eigenvalue weighted by Crippen LogP contribution is 2.23. The van der Waals surface area contributed by atoms with Gasteiger partial charge < -0.3 is 0 Å². The van der Waals surface area contributed by atoms with Crippen LogP contribution in [0.4, 0.5) is 4.39 Å². The molecular weight excluding hydrogens is 335 g/mol. The lowest BCUT2D eigenvalue weighted by Crippen LogP contribution is -2.38. The number of hydrazine groups is 1. The van der Waals surface area contributed by atoms with E-state index in [4.69, 9.17) is 5.84 Å². The number of benzene rings is 1. The van der Waals surface area contributed by atoms with Crippen LogP contribution in [0.2, 0.25) is 0 Å². The van der Waals surface area contributed by atoms with Gasteiger partial charge in [-0.15, -0.1) is 0 Å². The maximum absolute atomic E-state index is 13.6. The van der Waals surface area contributed by atoms with E-state index in [0.717, 1.165) is 23.4 Å². The van der Waals surface area contributed by atoms with Crippen molar-refractivity contribution in [3.63, 3.8) is 0 Å². The first-order valence-electron chi connectivity index (χ1n) is 6.82. The molecule has 1 heterocycles. The number of halogens is 2. The summed E-state index contributed by atoms with van der Waals surface area (Å²) in [6.07, 6.45) is 1.40. The second-order valence-corrected chi connectivity index (χ2v) is 6.05.